The smallest absolute Gasteiger partial charge is 0.305 e. The second kappa shape index (κ2) is 11.0. The van der Waals surface area contributed by atoms with Crippen LogP contribution in [0.5, 0.6) is 5.75 Å². The van der Waals surface area contributed by atoms with Gasteiger partial charge in [0.15, 0.2) is 6.61 Å². The molecule has 2 aliphatic heterocycles. The van der Waals surface area contributed by atoms with E-state index in [1.165, 1.54) is 16.2 Å². The van der Waals surface area contributed by atoms with Crippen molar-refractivity contribution in [2.75, 3.05) is 16.8 Å². The first-order valence-corrected chi connectivity index (χ1v) is 17.0. The second-order valence-electron chi connectivity index (χ2n) is 11.8. The molecular weight excluding hydrogens is 653 g/mol. The molecule has 3 fully saturated rings. The van der Waals surface area contributed by atoms with Gasteiger partial charge in [0.25, 0.3) is 5.91 Å². The maximum Gasteiger partial charge on any atom is 0.305 e. The van der Waals surface area contributed by atoms with Crippen molar-refractivity contribution in [3.63, 3.8) is 0 Å². The minimum Gasteiger partial charge on any atom is -0.484 e. The van der Waals surface area contributed by atoms with Crippen molar-refractivity contribution in [3.05, 3.63) is 103 Å². The molecule has 7 atom stereocenters. The van der Waals surface area contributed by atoms with E-state index in [9.17, 15) is 19.2 Å². The number of thiazole rings is 1. The first-order valence-electron chi connectivity index (χ1n) is 14.6. The fourth-order valence-electron chi connectivity index (χ4n) is 7.94. The van der Waals surface area contributed by atoms with Crippen LogP contribution in [0.25, 0.3) is 0 Å². The number of aromatic amines is 1. The van der Waals surface area contributed by atoms with Gasteiger partial charge < -0.3 is 15.0 Å². The summed E-state index contributed by atoms with van der Waals surface area (Å²) in [7, 11) is 0. The van der Waals surface area contributed by atoms with Gasteiger partial charge >= 0.3 is 4.87 Å². The van der Waals surface area contributed by atoms with E-state index in [0.717, 1.165) is 21.9 Å². The van der Waals surface area contributed by atoms with E-state index in [-0.39, 0.29) is 70.0 Å². The molecule has 45 heavy (non-hydrogen) atoms. The van der Waals surface area contributed by atoms with Gasteiger partial charge in [0.05, 0.1) is 32.6 Å². The summed E-state index contributed by atoms with van der Waals surface area (Å²) < 4.78 is 5.91. The minimum atomic E-state index is -0.381. The molecule has 2 aliphatic carbocycles. The molecule has 8 nitrogen and oxygen atoms in total. The quantitative estimate of drug-likeness (QED) is 0.228. The fourth-order valence-corrected chi connectivity index (χ4v) is 11.1. The Balaban J connectivity index is 1.08. The Kier molecular flexibility index (Phi) is 7.09. The largest absolute Gasteiger partial charge is 0.484 e. The predicted octanol–water partition coefficient (Wildman–Crippen LogP) is 6.44. The van der Waals surface area contributed by atoms with Crippen molar-refractivity contribution in [2.24, 2.45) is 29.6 Å². The molecular formula is C33H25Cl2N3O5S2. The molecule has 12 heteroatoms. The summed E-state index contributed by atoms with van der Waals surface area (Å²) in [4.78, 5) is 58.2. The molecule has 2 saturated carbocycles. The Morgan fingerprint density at radius 3 is 2.49 bits per heavy atom. The standard InChI is InChI=1S/C33H25Cl2N3O5S2/c34-21-10-9-16(12-22(21)35)36-23(39)14-43-18-8-4-5-15(11-18)24-25-19-13-20(28(25)44-30-29(24)45-33(42)37-30)27-26(19)31(40)38(32(27)41)17-6-2-1-3-7-17/h1-12,19-20,24-28H,13-14H2,(H,36,39)(H,37,42)/t19?,20?,24-,25?,26?,27?,28?/m1/s1. The highest BCUT2D eigenvalue weighted by Gasteiger charge is 2.69. The number of nitrogens with one attached hydrogen (secondary N) is 2. The van der Waals surface area contributed by atoms with Gasteiger partial charge in [-0.15, -0.1) is 11.8 Å². The zero-order valence-electron chi connectivity index (χ0n) is 23.4. The Bertz CT molecular complexity index is 1930. The van der Waals surface area contributed by atoms with E-state index < -0.39 is 0 Å². The number of carbonyl (C=O) groups excluding carboxylic acids is 3. The number of para-hydroxylation sites is 1. The van der Waals surface area contributed by atoms with Crippen LogP contribution < -0.4 is 19.8 Å². The van der Waals surface area contributed by atoms with Crippen LogP contribution in [0.3, 0.4) is 0 Å². The number of carbonyl (C=O) groups is 3. The summed E-state index contributed by atoms with van der Waals surface area (Å²) >= 11 is 14.9. The molecule has 4 aromatic rings. The normalized spacial score (nSPS) is 27.7. The predicted molar refractivity (Wildman–Crippen MR) is 174 cm³/mol. The molecule has 1 aromatic heterocycles. The summed E-state index contributed by atoms with van der Waals surface area (Å²) in [5.74, 6) is -0.883. The van der Waals surface area contributed by atoms with Crippen molar-refractivity contribution in [1.29, 1.82) is 0 Å². The molecule has 0 spiro atoms. The monoisotopic (exact) mass is 677 g/mol. The molecule has 2 N–H and O–H groups in total. The zero-order chi connectivity index (χ0) is 31.0. The van der Waals surface area contributed by atoms with Crippen LogP contribution in [0, 0.1) is 29.6 Å². The second-order valence-corrected chi connectivity index (χ2v) is 14.9. The van der Waals surface area contributed by atoms with Crippen molar-refractivity contribution in [1.82, 2.24) is 4.98 Å². The van der Waals surface area contributed by atoms with Crippen molar-refractivity contribution in [2.45, 2.75) is 22.6 Å². The number of hydrogen-bond acceptors (Lipinski definition) is 7. The van der Waals surface area contributed by atoms with Gasteiger partial charge in [-0.3, -0.25) is 24.1 Å². The molecule has 2 bridgehead atoms. The third-order valence-electron chi connectivity index (χ3n) is 9.53. The maximum absolute atomic E-state index is 13.9. The number of nitrogens with zero attached hydrogens (tertiary/aromatic N) is 1. The lowest BCUT2D eigenvalue weighted by Crippen LogP contribution is -2.42. The highest BCUT2D eigenvalue weighted by atomic mass is 35.5. The minimum absolute atomic E-state index is 0.000401. The van der Waals surface area contributed by atoms with Gasteiger partial charge in [-0.2, -0.15) is 0 Å². The van der Waals surface area contributed by atoms with Crippen molar-refractivity contribution >= 4 is 75.4 Å². The third kappa shape index (κ3) is 4.72. The number of imide groups is 1. The molecule has 8 rings (SSSR count). The number of anilines is 2. The fraction of sp³-hybridized carbons (Fsp3) is 0.273. The number of halogens is 2. The number of fused-ring (bicyclic) bond motifs is 9. The SMILES string of the molecule is O=C(COc1cccc([C@H]2c3sc(=O)[nH]c3SC3C4CC(C5C(=O)N(c6ccccc6)C(=O)C45)C32)c1)Nc1ccc(Cl)c(Cl)c1. The lowest BCUT2D eigenvalue weighted by molar-refractivity contribution is -0.123. The van der Waals surface area contributed by atoms with E-state index in [2.05, 4.69) is 10.3 Å². The van der Waals surface area contributed by atoms with Gasteiger partial charge in [-0.25, -0.2) is 0 Å². The van der Waals surface area contributed by atoms with E-state index in [0.29, 0.717) is 27.2 Å². The molecule has 228 valence electrons. The average molecular weight is 679 g/mol. The van der Waals surface area contributed by atoms with Crippen LogP contribution in [0.4, 0.5) is 11.4 Å². The van der Waals surface area contributed by atoms with Crippen LogP contribution in [0.2, 0.25) is 10.0 Å². The third-order valence-corrected chi connectivity index (χ3v) is 12.9. The summed E-state index contributed by atoms with van der Waals surface area (Å²) in [6, 6.07) is 21.6. The van der Waals surface area contributed by atoms with Gasteiger partial charge in [0.2, 0.25) is 11.8 Å². The van der Waals surface area contributed by atoms with Crippen LogP contribution >= 0.6 is 46.3 Å². The first kappa shape index (κ1) is 28.9. The Hall–Kier alpha value is -3.57. The molecule has 0 radical (unpaired) electrons. The van der Waals surface area contributed by atoms with E-state index in [4.69, 9.17) is 27.9 Å². The van der Waals surface area contributed by atoms with Gasteiger partial charge in [0, 0.05) is 21.7 Å². The molecule has 4 aliphatic rings. The first-order chi connectivity index (χ1) is 21.8. The number of ether oxygens (including phenoxy) is 1. The number of aromatic nitrogens is 1. The van der Waals surface area contributed by atoms with Gasteiger partial charge in [0.1, 0.15) is 5.75 Å². The Labute approximate surface area is 276 Å². The summed E-state index contributed by atoms with van der Waals surface area (Å²) in [5, 5.41) is 4.40. The summed E-state index contributed by atoms with van der Waals surface area (Å²) in [6.45, 7) is -0.223. The highest BCUT2D eigenvalue weighted by molar-refractivity contribution is 8.00. The molecule has 1 saturated heterocycles. The van der Waals surface area contributed by atoms with Gasteiger partial charge in [-0.1, -0.05) is 64.9 Å². The lowest BCUT2D eigenvalue weighted by atomic mass is 9.68. The van der Waals surface area contributed by atoms with Crippen LogP contribution in [0.1, 0.15) is 22.8 Å². The molecule has 6 unspecified atom stereocenters. The number of H-pyrrole nitrogens is 1. The van der Waals surface area contributed by atoms with E-state index in [1.54, 1.807) is 36.0 Å². The number of thioether (sulfide) groups is 1. The number of amides is 3. The lowest BCUT2D eigenvalue weighted by Gasteiger charge is -2.43. The molecule has 3 aromatic carbocycles. The molecule has 3 amide bonds. The van der Waals surface area contributed by atoms with E-state index >= 15 is 0 Å². The number of hydrogen-bond donors (Lipinski definition) is 2. The maximum atomic E-state index is 13.9. The Morgan fingerprint density at radius 2 is 1.71 bits per heavy atom. The average Bonchev–Trinajstić information content (AvgIpc) is 3.77. The summed E-state index contributed by atoms with van der Waals surface area (Å²) in [6.07, 6.45) is 0.804. The van der Waals surface area contributed by atoms with Crippen molar-refractivity contribution < 1.29 is 19.1 Å². The summed E-state index contributed by atoms with van der Waals surface area (Å²) in [5.41, 5.74) is 2.07. The van der Waals surface area contributed by atoms with Crippen LogP contribution in [0.15, 0.2) is 82.6 Å². The zero-order valence-corrected chi connectivity index (χ0v) is 26.6. The van der Waals surface area contributed by atoms with Crippen LogP contribution in [-0.2, 0) is 14.4 Å². The highest BCUT2D eigenvalue weighted by Crippen LogP contribution is 2.68. The van der Waals surface area contributed by atoms with E-state index in [1.807, 2.05) is 48.5 Å². The van der Waals surface area contributed by atoms with Crippen molar-refractivity contribution in [3.8, 4) is 5.75 Å². The number of benzene rings is 3. The Morgan fingerprint density at radius 1 is 0.933 bits per heavy atom. The topological polar surface area (TPSA) is 109 Å². The van der Waals surface area contributed by atoms with Gasteiger partial charge in [-0.05, 0) is 72.2 Å². The van der Waals surface area contributed by atoms with Crippen LogP contribution in [-0.4, -0.2) is 34.6 Å². The molecule has 3 heterocycles. The number of rotatable bonds is 6.